The molecule has 0 saturated heterocycles. The summed E-state index contributed by atoms with van der Waals surface area (Å²) in [4.78, 5) is 20.2. The average Bonchev–Trinajstić information content (AvgIpc) is 2.18. The van der Waals surface area contributed by atoms with Crippen LogP contribution in [-0.4, -0.2) is 11.1 Å². The van der Waals surface area contributed by atoms with Crippen LogP contribution in [0.5, 0.6) is 5.75 Å². The Balaban J connectivity index is 2.73. The van der Waals surface area contributed by atoms with Crippen LogP contribution in [0.2, 0.25) is 0 Å². The lowest BCUT2D eigenvalue weighted by atomic mass is 10.3. The Morgan fingerprint density at radius 3 is 2.36 bits per heavy atom. The van der Waals surface area contributed by atoms with Gasteiger partial charge in [0, 0.05) is 25.0 Å². The Kier molecular flexibility index (Phi) is 3.29. The van der Waals surface area contributed by atoms with Gasteiger partial charge in [0.25, 0.3) is 5.69 Å². The van der Waals surface area contributed by atoms with E-state index in [1.54, 1.807) is 0 Å². The van der Waals surface area contributed by atoms with Crippen LogP contribution in [-0.2, 0) is 4.18 Å². The number of non-ortho nitro benzene ring substituents is 1. The number of benzene rings is 1. The van der Waals surface area contributed by atoms with Crippen LogP contribution < -0.4 is 4.74 Å². The van der Waals surface area contributed by atoms with Crippen LogP contribution in [0.15, 0.2) is 24.3 Å². The molecule has 0 N–H and O–H groups in total. The number of rotatable bonds is 2. The van der Waals surface area contributed by atoms with Gasteiger partial charge < -0.3 is 8.92 Å². The van der Waals surface area contributed by atoms with E-state index in [1.807, 2.05) is 0 Å². The van der Waals surface area contributed by atoms with E-state index < -0.39 is 11.1 Å². The molecule has 0 bridgehead atoms. The molecule has 0 fully saturated rings. The summed E-state index contributed by atoms with van der Waals surface area (Å²) in [6.07, 6.45) is -0.998. The fraction of sp³-hybridized carbons (Fsp3) is 0. The van der Waals surface area contributed by atoms with Gasteiger partial charge in [-0.25, -0.2) is 4.79 Å². The van der Waals surface area contributed by atoms with Crippen molar-refractivity contribution in [2.24, 2.45) is 0 Å². The number of hydrogen-bond acceptors (Lipinski definition) is 6. The van der Waals surface area contributed by atoms with Gasteiger partial charge in [0.1, 0.15) is 5.75 Å². The van der Waals surface area contributed by atoms with Gasteiger partial charge in [-0.3, -0.25) is 10.1 Å². The standard InChI is InChI=1S/C7H5NO5S/c9-7(13-14)12-6-3-1-5(2-4-6)8(10)11/h1-4,14H. The van der Waals surface area contributed by atoms with E-state index in [1.165, 1.54) is 24.3 Å². The first-order valence-electron chi connectivity index (χ1n) is 3.41. The molecule has 0 aliphatic heterocycles. The molecule has 0 unspecified atom stereocenters. The summed E-state index contributed by atoms with van der Waals surface area (Å²) in [6, 6.07) is 4.98. The fourth-order valence-electron chi connectivity index (χ4n) is 0.751. The monoisotopic (exact) mass is 215 g/mol. The first-order valence-corrected chi connectivity index (χ1v) is 3.77. The minimum absolute atomic E-state index is 0.0865. The third-order valence-electron chi connectivity index (χ3n) is 1.32. The van der Waals surface area contributed by atoms with Crippen molar-refractivity contribution in [1.82, 2.24) is 0 Å². The number of carbonyl (C=O) groups is 1. The zero-order valence-corrected chi connectivity index (χ0v) is 7.64. The molecule has 1 rings (SSSR count). The number of ether oxygens (including phenoxy) is 1. The quantitative estimate of drug-likeness (QED) is 0.204. The van der Waals surface area contributed by atoms with E-state index >= 15 is 0 Å². The highest BCUT2D eigenvalue weighted by atomic mass is 32.1. The Labute approximate surface area is 84.2 Å². The lowest BCUT2D eigenvalue weighted by Crippen LogP contribution is -2.04. The molecular formula is C7H5NO5S. The topological polar surface area (TPSA) is 78.7 Å². The maximum atomic E-state index is 10.5. The lowest BCUT2D eigenvalue weighted by molar-refractivity contribution is -0.384. The second-order valence-electron chi connectivity index (χ2n) is 2.19. The summed E-state index contributed by atoms with van der Waals surface area (Å²) in [7, 11) is 0. The first kappa shape index (κ1) is 10.3. The van der Waals surface area contributed by atoms with Gasteiger partial charge in [-0.05, 0) is 12.1 Å². The Hall–Kier alpha value is -1.76. The predicted molar refractivity (Wildman–Crippen MR) is 49.2 cm³/mol. The van der Waals surface area contributed by atoms with Crippen LogP contribution in [0.25, 0.3) is 0 Å². The normalized spacial score (nSPS) is 9.21. The zero-order chi connectivity index (χ0) is 10.6. The lowest BCUT2D eigenvalue weighted by Gasteiger charge is -1.99. The molecular weight excluding hydrogens is 210 g/mol. The number of hydrogen-bond donors (Lipinski definition) is 1. The van der Waals surface area contributed by atoms with Gasteiger partial charge in [-0.2, -0.15) is 0 Å². The molecule has 0 spiro atoms. The summed E-state index contributed by atoms with van der Waals surface area (Å²) in [6.45, 7) is 0. The van der Waals surface area contributed by atoms with Crippen molar-refractivity contribution in [2.45, 2.75) is 0 Å². The summed E-state index contributed by atoms with van der Waals surface area (Å²) >= 11 is 3.22. The van der Waals surface area contributed by atoms with E-state index in [4.69, 9.17) is 0 Å². The molecule has 0 aliphatic carbocycles. The van der Waals surface area contributed by atoms with E-state index in [0.717, 1.165) is 0 Å². The predicted octanol–water partition coefficient (Wildman–Crippen LogP) is 1.95. The third-order valence-corrected chi connectivity index (χ3v) is 1.47. The Bertz CT molecular complexity index is 350. The zero-order valence-electron chi connectivity index (χ0n) is 6.75. The SMILES string of the molecule is O=C(OS)Oc1ccc([N+](=O)[O-])cc1. The molecule has 1 aromatic rings. The van der Waals surface area contributed by atoms with Crippen molar-refractivity contribution < 1.29 is 18.6 Å². The number of carbonyl (C=O) groups excluding carboxylic acids is 1. The summed E-state index contributed by atoms with van der Waals surface area (Å²) in [5, 5.41) is 10.3. The molecule has 0 saturated carbocycles. The van der Waals surface area contributed by atoms with Crippen molar-refractivity contribution in [3.8, 4) is 5.75 Å². The van der Waals surface area contributed by atoms with Crippen molar-refractivity contribution in [3.05, 3.63) is 34.4 Å². The third kappa shape index (κ3) is 2.63. The van der Waals surface area contributed by atoms with Crippen LogP contribution in [0, 0.1) is 10.1 Å². The van der Waals surface area contributed by atoms with Gasteiger partial charge >= 0.3 is 6.16 Å². The number of thiol groups is 1. The van der Waals surface area contributed by atoms with Gasteiger partial charge in [0.15, 0.2) is 0 Å². The highest BCUT2D eigenvalue weighted by Crippen LogP contribution is 2.17. The van der Waals surface area contributed by atoms with E-state index in [-0.39, 0.29) is 11.4 Å². The molecule has 14 heavy (non-hydrogen) atoms. The molecule has 0 heterocycles. The van der Waals surface area contributed by atoms with Gasteiger partial charge in [-0.1, -0.05) is 0 Å². The largest absolute Gasteiger partial charge is 0.526 e. The number of nitro benzene ring substituents is 1. The molecule has 0 aromatic heterocycles. The Morgan fingerprint density at radius 2 is 1.93 bits per heavy atom. The highest BCUT2D eigenvalue weighted by molar-refractivity contribution is 7.75. The van der Waals surface area contributed by atoms with E-state index in [0.29, 0.717) is 0 Å². The molecule has 0 atom stereocenters. The van der Waals surface area contributed by atoms with E-state index in [9.17, 15) is 14.9 Å². The molecule has 6 nitrogen and oxygen atoms in total. The van der Waals surface area contributed by atoms with Gasteiger partial charge in [0.05, 0.1) is 4.92 Å². The smallest absolute Gasteiger partial charge is 0.394 e. The molecule has 74 valence electrons. The second-order valence-corrected chi connectivity index (χ2v) is 2.38. The van der Waals surface area contributed by atoms with Crippen molar-refractivity contribution in [1.29, 1.82) is 0 Å². The maximum absolute atomic E-state index is 10.5. The summed E-state index contributed by atoms with van der Waals surface area (Å²) in [5.74, 6) is 0.148. The average molecular weight is 215 g/mol. The van der Waals surface area contributed by atoms with Crippen LogP contribution in [0.3, 0.4) is 0 Å². The number of nitro groups is 1. The van der Waals surface area contributed by atoms with Crippen molar-refractivity contribution in [2.75, 3.05) is 0 Å². The first-order chi connectivity index (χ1) is 6.63. The minimum Gasteiger partial charge on any atom is -0.394 e. The van der Waals surface area contributed by atoms with Crippen LogP contribution in [0.1, 0.15) is 0 Å². The summed E-state index contributed by atoms with van der Waals surface area (Å²) < 4.78 is 8.47. The van der Waals surface area contributed by atoms with Crippen molar-refractivity contribution in [3.63, 3.8) is 0 Å². The molecule has 0 radical (unpaired) electrons. The Morgan fingerprint density at radius 1 is 1.36 bits per heavy atom. The second kappa shape index (κ2) is 4.47. The van der Waals surface area contributed by atoms with Gasteiger partial charge in [0.2, 0.25) is 0 Å². The fourth-order valence-corrected chi connectivity index (χ4v) is 0.788. The molecule has 0 amide bonds. The van der Waals surface area contributed by atoms with Crippen molar-refractivity contribution >= 4 is 24.8 Å². The minimum atomic E-state index is -0.998. The van der Waals surface area contributed by atoms with Crippen LogP contribution >= 0.6 is 12.9 Å². The van der Waals surface area contributed by atoms with E-state index in [2.05, 4.69) is 21.8 Å². The van der Waals surface area contributed by atoms with Gasteiger partial charge in [-0.15, -0.1) is 0 Å². The number of nitrogens with zero attached hydrogens (tertiary/aromatic N) is 1. The molecule has 1 aromatic carbocycles. The maximum Gasteiger partial charge on any atom is 0.526 e. The molecule has 7 heteroatoms. The summed E-state index contributed by atoms with van der Waals surface area (Å²) in [5.41, 5.74) is -0.0865. The molecule has 0 aliphatic rings. The van der Waals surface area contributed by atoms with Crippen LogP contribution in [0.4, 0.5) is 10.5 Å². The highest BCUT2D eigenvalue weighted by Gasteiger charge is 2.07.